The fraction of sp³-hybridized carbons (Fsp3) is 0.353. The van der Waals surface area contributed by atoms with Crippen molar-refractivity contribution in [1.82, 2.24) is 15.1 Å². The maximum Gasteiger partial charge on any atom is 0.326 e. The van der Waals surface area contributed by atoms with Crippen LogP contribution in [0.2, 0.25) is 0 Å². The molecule has 3 rings (SSSR count). The lowest BCUT2D eigenvalue weighted by molar-refractivity contribution is -0.139. The highest BCUT2D eigenvalue weighted by Gasteiger charge is 2.37. The summed E-state index contributed by atoms with van der Waals surface area (Å²) in [6.07, 6.45) is 3.18. The molecule has 2 aromatic rings. The van der Waals surface area contributed by atoms with E-state index in [2.05, 4.69) is 10.4 Å². The molecular formula is C17H19N3O3. The SMILES string of the molecule is Cc1cccc(-n2ncc(C(=O)NC(C(=O)O)C3CC3)c2C)c1. The number of hydrogen-bond donors (Lipinski definition) is 2. The van der Waals surface area contributed by atoms with Crippen molar-refractivity contribution in [2.24, 2.45) is 5.92 Å². The zero-order valence-corrected chi connectivity index (χ0v) is 13.1. The van der Waals surface area contributed by atoms with Crippen LogP contribution in [0.25, 0.3) is 5.69 Å². The van der Waals surface area contributed by atoms with Crippen LogP contribution in [-0.4, -0.2) is 32.8 Å². The van der Waals surface area contributed by atoms with Crippen LogP contribution < -0.4 is 5.32 Å². The number of aliphatic carboxylic acids is 1. The fourth-order valence-electron chi connectivity index (χ4n) is 2.68. The van der Waals surface area contributed by atoms with Crippen molar-refractivity contribution in [3.63, 3.8) is 0 Å². The Morgan fingerprint density at radius 2 is 2.09 bits per heavy atom. The van der Waals surface area contributed by atoms with Crippen molar-refractivity contribution in [3.05, 3.63) is 47.3 Å². The van der Waals surface area contributed by atoms with Gasteiger partial charge in [-0.15, -0.1) is 0 Å². The number of carbonyl (C=O) groups is 2. The fourth-order valence-corrected chi connectivity index (χ4v) is 2.68. The maximum atomic E-state index is 12.4. The Hall–Kier alpha value is -2.63. The van der Waals surface area contributed by atoms with E-state index in [1.807, 2.05) is 31.2 Å². The van der Waals surface area contributed by atoms with Gasteiger partial charge in [0.15, 0.2) is 0 Å². The highest BCUT2D eigenvalue weighted by Crippen LogP contribution is 2.33. The molecule has 120 valence electrons. The van der Waals surface area contributed by atoms with Crippen molar-refractivity contribution < 1.29 is 14.7 Å². The number of amides is 1. The third-order valence-electron chi connectivity index (χ3n) is 4.15. The van der Waals surface area contributed by atoms with Crippen LogP contribution in [0, 0.1) is 19.8 Å². The van der Waals surface area contributed by atoms with E-state index >= 15 is 0 Å². The molecule has 0 aliphatic heterocycles. The molecule has 6 heteroatoms. The van der Waals surface area contributed by atoms with Crippen LogP contribution >= 0.6 is 0 Å². The molecule has 0 radical (unpaired) electrons. The lowest BCUT2D eigenvalue weighted by Crippen LogP contribution is -2.42. The molecule has 1 aliphatic carbocycles. The van der Waals surface area contributed by atoms with Crippen LogP contribution in [-0.2, 0) is 4.79 Å². The predicted octanol–water partition coefficient (Wildman–Crippen LogP) is 2.08. The van der Waals surface area contributed by atoms with Gasteiger partial charge in [0.05, 0.1) is 23.1 Å². The number of carboxylic acids is 1. The van der Waals surface area contributed by atoms with Crippen molar-refractivity contribution in [1.29, 1.82) is 0 Å². The van der Waals surface area contributed by atoms with Gasteiger partial charge < -0.3 is 10.4 Å². The second-order valence-corrected chi connectivity index (χ2v) is 6.02. The molecule has 23 heavy (non-hydrogen) atoms. The molecule has 1 aromatic heterocycles. The van der Waals surface area contributed by atoms with Gasteiger partial charge in [-0.25, -0.2) is 9.48 Å². The Kier molecular flexibility index (Phi) is 3.90. The summed E-state index contributed by atoms with van der Waals surface area (Å²) >= 11 is 0. The van der Waals surface area contributed by atoms with Crippen molar-refractivity contribution >= 4 is 11.9 Å². The summed E-state index contributed by atoms with van der Waals surface area (Å²) in [6.45, 7) is 3.79. The molecular weight excluding hydrogens is 294 g/mol. The number of aromatic nitrogens is 2. The van der Waals surface area contributed by atoms with E-state index in [4.69, 9.17) is 0 Å². The average Bonchev–Trinajstić information content (AvgIpc) is 3.26. The molecule has 0 bridgehead atoms. The lowest BCUT2D eigenvalue weighted by atomic mass is 10.1. The van der Waals surface area contributed by atoms with E-state index in [1.54, 1.807) is 11.6 Å². The molecule has 1 atom stereocenters. The minimum atomic E-state index is -0.982. The van der Waals surface area contributed by atoms with Gasteiger partial charge in [-0.2, -0.15) is 5.10 Å². The first-order valence-electron chi connectivity index (χ1n) is 7.62. The van der Waals surface area contributed by atoms with Gasteiger partial charge in [-0.05, 0) is 50.3 Å². The summed E-state index contributed by atoms with van der Waals surface area (Å²) in [5, 5.41) is 16.1. The first-order valence-corrected chi connectivity index (χ1v) is 7.62. The number of aryl methyl sites for hydroxylation is 1. The van der Waals surface area contributed by atoms with E-state index in [9.17, 15) is 14.7 Å². The molecule has 1 aromatic carbocycles. The highest BCUT2D eigenvalue weighted by atomic mass is 16.4. The smallest absolute Gasteiger partial charge is 0.326 e. The van der Waals surface area contributed by atoms with Gasteiger partial charge in [0, 0.05) is 0 Å². The molecule has 1 saturated carbocycles. The summed E-state index contributed by atoms with van der Waals surface area (Å²) in [4.78, 5) is 23.7. The Balaban J connectivity index is 1.83. The summed E-state index contributed by atoms with van der Waals surface area (Å²) in [7, 11) is 0. The molecule has 1 unspecified atom stereocenters. The van der Waals surface area contributed by atoms with Gasteiger partial charge in [0.1, 0.15) is 6.04 Å². The third kappa shape index (κ3) is 3.11. The number of nitrogens with zero attached hydrogens (tertiary/aromatic N) is 2. The number of rotatable bonds is 5. The molecule has 2 N–H and O–H groups in total. The van der Waals surface area contributed by atoms with Gasteiger partial charge in [-0.1, -0.05) is 12.1 Å². The molecule has 1 heterocycles. The number of nitrogens with one attached hydrogen (secondary N) is 1. The second kappa shape index (κ2) is 5.87. The first kappa shape index (κ1) is 15.3. The Morgan fingerprint density at radius 1 is 1.35 bits per heavy atom. The number of hydrogen-bond acceptors (Lipinski definition) is 3. The standard InChI is InChI=1S/C17H19N3O3/c1-10-4-3-5-13(8-10)20-11(2)14(9-18-20)16(21)19-15(17(22)23)12-6-7-12/h3-5,8-9,12,15H,6-7H2,1-2H3,(H,19,21)(H,22,23). The summed E-state index contributed by atoms with van der Waals surface area (Å²) in [6, 6.07) is 7.00. The summed E-state index contributed by atoms with van der Waals surface area (Å²) in [5.41, 5.74) is 3.06. The van der Waals surface area contributed by atoms with E-state index in [1.165, 1.54) is 6.20 Å². The zero-order valence-electron chi connectivity index (χ0n) is 13.1. The number of carbonyl (C=O) groups excluding carboxylic acids is 1. The highest BCUT2D eigenvalue weighted by molar-refractivity contribution is 5.97. The van der Waals surface area contributed by atoms with E-state index in [-0.39, 0.29) is 11.8 Å². The van der Waals surface area contributed by atoms with Crippen LogP contribution in [0.3, 0.4) is 0 Å². The molecule has 1 amide bonds. The van der Waals surface area contributed by atoms with Gasteiger partial charge >= 0.3 is 5.97 Å². The predicted molar refractivity (Wildman–Crippen MR) is 84.7 cm³/mol. The zero-order chi connectivity index (χ0) is 16.6. The quantitative estimate of drug-likeness (QED) is 0.885. The first-order chi connectivity index (χ1) is 11.0. The van der Waals surface area contributed by atoms with Gasteiger partial charge in [-0.3, -0.25) is 4.79 Å². The van der Waals surface area contributed by atoms with Gasteiger partial charge in [0.25, 0.3) is 5.91 Å². The van der Waals surface area contributed by atoms with Crippen molar-refractivity contribution in [2.45, 2.75) is 32.7 Å². The van der Waals surface area contributed by atoms with Crippen LogP contribution in [0.1, 0.15) is 34.5 Å². The monoisotopic (exact) mass is 313 g/mol. The average molecular weight is 313 g/mol. The molecule has 0 saturated heterocycles. The van der Waals surface area contributed by atoms with Crippen molar-refractivity contribution in [2.75, 3.05) is 0 Å². The Morgan fingerprint density at radius 3 is 2.70 bits per heavy atom. The minimum Gasteiger partial charge on any atom is -0.480 e. The number of benzene rings is 1. The molecule has 1 aliphatic rings. The largest absolute Gasteiger partial charge is 0.480 e. The Labute approximate surface area is 134 Å². The second-order valence-electron chi connectivity index (χ2n) is 6.02. The summed E-state index contributed by atoms with van der Waals surface area (Å²) < 4.78 is 1.69. The van der Waals surface area contributed by atoms with Crippen LogP contribution in [0.15, 0.2) is 30.5 Å². The van der Waals surface area contributed by atoms with E-state index in [0.717, 1.165) is 24.1 Å². The maximum absolute atomic E-state index is 12.4. The number of carboxylic acid groups (broad SMARTS) is 1. The molecule has 1 fully saturated rings. The third-order valence-corrected chi connectivity index (χ3v) is 4.15. The topological polar surface area (TPSA) is 84.2 Å². The van der Waals surface area contributed by atoms with Crippen LogP contribution in [0.4, 0.5) is 0 Å². The van der Waals surface area contributed by atoms with Crippen LogP contribution in [0.5, 0.6) is 0 Å². The minimum absolute atomic E-state index is 0.0450. The van der Waals surface area contributed by atoms with Gasteiger partial charge in [0.2, 0.25) is 0 Å². The van der Waals surface area contributed by atoms with E-state index < -0.39 is 12.0 Å². The van der Waals surface area contributed by atoms with E-state index in [0.29, 0.717) is 11.3 Å². The lowest BCUT2D eigenvalue weighted by Gasteiger charge is -2.13. The van der Waals surface area contributed by atoms with Crippen molar-refractivity contribution in [3.8, 4) is 5.69 Å². The molecule has 6 nitrogen and oxygen atoms in total. The normalized spacial score (nSPS) is 15.2. The molecule has 0 spiro atoms. The summed E-state index contributed by atoms with van der Waals surface area (Å²) in [5.74, 6) is -1.33. The Bertz CT molecular complexity index is 762.